The molecule has 0 aliphatic heterocycles. The lowest BCUT2D eigenvalue weighted by atomic mass is 9.98. The molecule has 35 heavy (non-hydrogen) atoms. The first-order valence-electron chi connectivity index (χ1n) is 10.7. The minimum atomic E-state index is -0.512. The Kier molecular flexibility index (Phi) is 7.64. The van der Waals surface area contributed by atoms with Gasteiger partial charge in [-0.3, -0.25) is 9.78 Å². The summed E-state index contributed by atoms with van der Waals surface area (Å²) in [6, 6.07) is 8.80. The highest BCUT2D eigenvalue weighted by Crippen LogP contribution is 2.46. The van der Waals surface area contributed by atoms with Crippen LogP contribution >= 0.6 is 22.9 Å². The predicted molar refractivity (Wildman–Crippen MR) is 134 cm³/mol. The molecule has 9 nitrogen and oxygen atoms in total. The maximum Gasteiger partial charge on any atom is 0.262 e. The topological polar surface area (TPSA) is 119 Å². The minimum Gasteiger partial charge on any atom is -0.506 e. The number of hydrogen-bond donors (Lipinski definition) is 2. The van der Waals surface area contributed by atoms with Crippen molar-refractivity contribution in [3.8, 4) is 38.9 Å². The molecule has 4 aromatic rings. The van der Waals surface area contributed by atoms with E-state index in [1.54, 1.807) is 36.5 Å². The zero-order chi connectivity index (χ0) is 24.9. The highest BCUT2D eigenvalue weighted by molar-refractivity contribution is 7.14. The van der Waals surface area contributed by atoms with E-state index < -0.39 is 5.56 Å². The number of methoxy groups -OCH3 is 2. The van der Waals surface area contributed by atoms with Crippen LogP contribution in [0.25, 0.3) is 21.7 Å². The molecule has 0 unspecified atom stereocenters. The number of pyridine rings is 2. The summed E-state index contributed by atoms with van der Waals surface area (Å²) in [6.45, 7) is 2.33. The molecule has 0 fully saturated rings. The van der Waals surface area contributed by atoms with Crippen LogP contribution < -0.4 is 15.0 Å². The number of benzene rings is 1. The van der Waals surface area contributed by atoms with E-state index in [9.17, 15) is 9.90 Å². The fourth-order valence-corrected chi connectivity index (χ4v) is 4.62. The third-order valence-electron chi connectivity index (χ3n) is 5.20. The van der Waals surface area contributed by atoms with Gasteiger partial charge in [-0.15, -0.1) is 10.2 Å². The average Bonchev–Trinajstić information content (AvgIpc) is 3.31. The van der Waals surface area contributed by atoms with E-state index >= 15 is 0 Å². The van der Waals surface area contributed by atoms with Crippen molar-refractivity contribution in [1.82, 2.24) is 20.2 Å². The SMILES string of the molecule is CCOCc1[nH]c(=O)c(-c2nnc(Cc3ccc(Cl)cn3)s2)c(O)c1-c1c(OC)cccc1OC. The zero-order valence-corrected chi connectivity index (χ0v) is 20.9. The molecule has 0 radical (unpaired) electrons. The maximum absolute atomic E-state index is 13.1. The number of halogens is 1. The molecule has 2 N–H and O–H groups in total. The molecule has 0 saturated carbocycles. The Hall–Kier alpha value is -3.47. The van der Waals surface area contributed by atoms with E-state index in [0.29, 0.717) is 51.4 Å². The van der Waals surface area contributed by atoms with Crippen molar-refractivity contribution in [2.75, 3.05) is 20.8 Å². The van der Waals surface area contributed by atoms with Crippen molar-refractivity contribution in [1.29, 1.82) is 0 Å². The van der Waals surface area contributed by atoms with Gasteiger partial charge in [-0.25, -0.2) is 0 Å². The molecule has 1 aromatic carbocycles. The van der Waals surface area contributed by atoms with Gasteiger partial charge >= 0.3 is 0 Å². The van der Waals surface area contributed by atoms with Crippen molar-refractivity contribution in [2.24, 2.45) is 0 Å². The lowest BCUT2D eigenvalue weighted by Gasteiger charge is -2.18. The van der Waals surface area contributed by atoms with Crippen molar-refractivity contribution in [3.05, 3.63) is 68.3 Å². The number of H-pyrrole nitrogens is 1. The summed E-state index contributed by atoms with van der Waals surface area (Å²) in [7, 11) is 3.04. The quantitative estimate of drug-likeness (QED) is 0.336. The first-order valence-corrected chi connectivity index (χ1v) is 11.9. The van der Waals surface area contributed by atoms with E-state index in [-0.39, 0.29) is 22.9 Å². The Morgan fingerprint density at radius 1 is 1.06 bits per heavy atom. The molecular weight excluding hydrogens is 492 g/mol. The lowest BCUT2D eigenvalue weighted by molar-refractivity contribution is 0.131. The summed E-state index contributed by atoms with van der Waals surface area (Å²) in [6.07, 6.45) is 1.96. The largest absolute Gasteiger partial charge is 0.506 e. The normalized spacial score (nSPS) is 11.0. The van der Waals surface area contributed by atoms with Crippen molar-refractivity contribution in [3.63, 3.8) is 0 Å². The first kappa shape index (κ1) is 24.6. The molecule has 182 valence electrons. The standard InChI is InChI=1S/C24H23ClN4O5S/c1-4-34-12-15-19(20-16(32-2)6-5-7-17(20)33-3)22(30)21(23(31)27-15)24-29-28-18(35-24)10-14-9-8-13(25)11-26-14/h5-9,11H,4,10,12H2,1-3H3,(H2,27,30,31). The third kappa shape index (κ3) is 5.14. The number of aromatic amines is 1. The molecular formula is C24H23ClN4O5S. The number of ether oxygens (including phenoxy) is 3. The summed E-state index contributed by atoms with van der Waals surface area (Å²) < 4.78 is 16.7. The van der Waals surface area contributed by atoms with Crippen LogP contribution in [-0.4, -0.2) is 46.1 Å². The third-order valence-corrected chi connectivity index (χ3v) is 6.36. The van der Waals surface area contributed by atoms with Gasteiger partial charge in [-0.05, 0) is 31.2 Å². The Morgan fingerprint density at radius 2 is 1.80 bits per heavy atom. The lowest BCUT2D eigenvalue weighted by Crippen LogP contribution is -2.15. The van der Waals surface area contributed by atoms with Crippen LogP contribution in [0, 0.1) is 0 Å². The molecule has 0 atom stereocenters. The van der Waals surface area contributed by atoms with Gasteiger partial charge in [0.05, 0.1) is 42.7 Å². The van der Waals surface area contributed by atoms with Crippen LogP contribution in [-0.2, 0) is 17.8 Å². The van der Waals surface area contributed by atoms with Gasteiger partial charge in [0.15, 0.2) is 5.01 Å². The monoisotopic (exact) mass is 514 g/mol. The highest BCUT2D eigenvalue weighted by atomic mass is 35.5. The predicted octanol–water partition coefficient (Wildman–Crippen LogP) is 4.46. The van der Waals surface area contributed by atoms with Gasteiger partial charge < -0.3 is 24.3 Å². The second kappa shape index (κ2) is 10.9. The van der Waals surface area contributed by atoms with Gasteiger partial charge in [0.2, 0.25) is 0 Å². The Bertz CT molecular complexity index is 1370. The number of rotatable bonds is 9. The van der Waals surface area contributed by atoms with E-state index in [0.717, 1.165) is 5.69 Å². The van der Waals surface area contributed by atoms with Crippen molar-refractivity contribution in [2.45, 2.75) is 20.0 Å². The summed E-state index contributed by atoms with van der Waals surface area (Å²) in [4.78, 5) is 20.2. The molecule has 11 heteroatoms. The van der Waals surface area contributed by atoms with E-state index in [1.165, 1.54) is 25.6 Å². The molecule has 0 aliphatic rings. The molecule has 0 aliphatic carbocycles. The highest BCUT2D eigenvalue weighted by Gasteiger charge is 2.26. The fourth-order valence-electron chi connectivity index (χ4n) is 3.61. The molecule has 3 heterocycles. The van der Waals surface area contributed by atoms with E-state index in [4.69, 9.17) is 25.8 Å². The number of aromatic nitrogens is 4. The number of nitrogens with zero attached hydrogens (tertiary/aromatic N) is 3. The molecule has 0 spiro atoms. The number of nitrogens with one attached hydrogen (secondary N) is 1. The van der Waals surface area contributed by atoms with Crippen LogP contribution in [0.2, 0.25) is 5.02 Å². The van der Waals surface area contributed by atoms with Crippen LogP contribution in [0.15, 0.2) is 41.3 Å². The van der Waals surface area contributed by atoms with E-state index in [1.807, 2.05) is 6.92 Å². The van der Waals surface area contributed by atoms with Gasteiger partial charge in [-0.2, -0.15) is 0 Å². The van der Waals surface area contributed by atoms with Crippen molar-refractivity contribution < 1.29 is 19.3 Å². The summed E-state index contributed by atoms with van der Waals surface area (Å²) >= 11 is 7.10. The molecule has 3 aromatic heterocycles. The van der Waals surface area contributed by atoms with Crippen molar-refractivity contribution >= 4 is 22.9 Å². The van der Waals surface area contributed by atoms with Gasteiger partial charge in [-0.1, -0.05) is 29.0 Å². The van der Waals surface area contributed by atoms with Crippen LogP contribution in [0.5, 0.6) is 17.2 Å². The minimum absolute atomic E-state index is 0.000947. The molecule has 0 bridgehead atoms. The van der Waals surface area contributed by atoms with Crippen LogP contribution in [0.3, 0.4) is 0 Å². The first-order chi connectivity index (χ1) is 17.0. The molecule has 4 rings (SSSR count). The summed E-state index contributed by atoms with van der Waals surface area (Å²) in [5.74, 6) is 0.655. The molecule has 0 saturated heterocycles. The smallest absolute Gasteiger partial charge is 0.262 e. The van der Waals surface area contributed by atoms with Crippen LogP contribution in [0.4, 0.5) is 0 Å². The molecule has 0 amide bonds. The van der Waals surface area contributed by atoms with Gasteiger partial charge in [0.25, 0.3) is 5.56 Å². The van der Waals surface area contributed by atoms with Gasteiger partial charge in [0.1, 0.15) is 27.8 Å². The average molecular weight is 515 g/mol. The Balaban J connectivity index is 1.86. The van der Waals surface area contributed by atoms with Gasteiger partial charge in [0, 0.05) is 24.9 Å². The van der Waals surface area contributed by atoms with E-state index in [2.05, 4.69) is 20.2 Å². The Labute approximate surface area is 210 Å². The van der Waals surface area contributed by atoms with Crippen LogP contribution in [0.1, 0.15) is 23.3 Å². The summed E-state index contributed by atoms with van der Waals surface area (Å²) in [5, 5.41) is 21.3. The Morgan fingerprint density at radius 3 is 2.43 bits per heavy atom. The summed E-state index contributed by atoms with van der Waals surface area (Å²) in [5.41, 5.74) is 1.44. The number of hydrogen-bond acceptors (Lipinski definition) is 9. The second-order valence-electron chi connectivity index (χ2n) is 7.35. The number of aromatic hydroxyl groups is 1. The zero-order valence-electron chi connectivity index (χ0n) is 19.3. The maximum atomic E-state index is 13.1. The fraction of sp³-hybridized carbons (Fsp3) is 0.250. The second-order valence-corrected chi connectivity index (χ2v) is 8.85.